The van der Waals surface area contributed by atoms with Gasteiger partial charge in [0, 0.05) is 32.1 Å². The molecule has 1 aromatic carbocycles. The summed E-state index contributed by atoms with van der Waals surface area (Å²) in [6, 6.07) is 13.5. The van der Waals surface area contributed by atoms with Gasteiger partial charge in [-0.2, -0.15) is 5.10 Å². The van der Waals surface area contributed by atoms with Gasteiger partial charge in [0.1, 0.15) is 11.6 Å². The van der Waals surface area contributed by atoms with Crippen LogP contribution in [0.3, 0.4) is 0 Å². The SMILES string of the molecule is CCC[C@@H](C)c1nc(N2CCN(C(=O)c3ccco3)CC2)c2cnn(-c3ccccc3)c2n1. The highest BCUT2D eigenvalue weighted by Gasteiger charge is 2.27. The summed E-state index contributed by atoms with van der Waals surface area (Å²) in [5, 5.41) is 5.58. The number of para-hydroxylation sites is 1. The number of nitrogens with zero attached hydrogens (tertiary/aromatic N) is 6. The number of carbonyl (C=O) groups excluding carboxylic acids is 1. The van der Waals surface area contributed by atoms with Crippen molar-refractivity contribution in [1.82, 2.24) is 24.6 Å². The number of hydrogen-bond donors (Lipinski definition) is 0. The Labute approximate surface area is 192 Å². The van der Waals surface area contributed by atoms with Crippen LogP contribution in [0, 0.1) is 0 Å². The smallest absolute Gasteiger partial charge is 0.289 e. The molecule has 0 saturated carbocycles. The highest BCUT2D eigenvalue weighted by molar-refractivity contribution is 5.92. The van der Waals surface area contributed by atoms with Gasteiger partial charge in [0.2, 0.25) is 0 Å². The quantitative estimate of drug-likeness (QED) is 0.442. The van der Waals surface area contributed by atoms with Crippen LogP contribution < -0.4 is 4.90 Å². The number of furan rings is 1. The zero-order valence-electron chi connectivity index (χ0n) is 19.0. The van der Waals surface area contributed by atoms with Crippen molar-refractivity contribution in [3.63, 3.8) is 0 Å². The van der Waals surface area contributed by atoms with Crippen molar-refractivity contribution in [2.75, 3.05) is 31.1 Å². The van der Waals surface area contributed by atoms with Crippen LogP contribution in [0.4, 0.5) is 5.82 Å². The van der Waals surface area contributed by atoms with E-state index in [1.807, 2.05) is 46.1 Å². The van der Waals surface area contributed by atoms with Gasteiger partial charge in [-0.3, -0.25) is 4.79 Å². The summed E-state index contributed by atoms with van der Waals surface area (Å²) in [7, 11) is 0. The Morgan fingerprint density at radius 2 is 1.85 bits per heavy atom. The summed E-state index contributed by atoms with van der Waals surface area (Å²) < 4.78 is 7.18. The second-order valence-corrected chi connectivity index (χ2v) is 8.48. The lowest BCUT2D eigenvalue weighted by Gasteiger charge is -2.35. The fourth-order valence-corrected chi connectivity index (χ4v) is 4.37. The molecule has 5 rings (SSSR count). The molecule has 1 atom stereocenters. The monoisotopic (exact) mass is 444 g/mol. The molecular weight excluding hydrogens is 416 g/mol. The van der Waals surface area contributed by atoms with Gasteiger partial charge in [-0.25, -0.2) is 14.6 Å². The van der Waals surface area contributed by atoms with Crippen LogP contribution in [0.2, 0.25) is 0 Å². The molecule has 0 aliphatic carbocycles. The standard InChI is InChI=1S/C25H28N6O2/c1-3-8-18(2)22-27-23(20-17-26-31(24(20)28-22)19-9-5-4-6-10-19)29-12-14-30(15-13-29)25(32)21-11-7-16-33-21/h4-7,9-11,16-18H,3,8,12-15H2,1-2H3/t18-/m1/s1. The number of benzene rings is 1. The molecule has 1 aliphatic heterocycles. The number of anilines is 1. The molecule has 4 heterocycles. The molecule has 0 N–H and O–H groups in total. The highest BCUT2D eigenvalue weighted by atomic mass is 16.3. The van der Waals surface area contributed by atoms with E-state index >= 15 is 0 Å². The molecule has 8 heteroatoms. The molecule has 0 bridgehead atoms. The first kappa shape index (κ1) is 21.2. The van der Waals surface area contributed by atoms with Crippen LogP contribution in [0.1, 0.15) is 49.0 Å². The third-order valence-electron chi connectivity index (χ3n) is 6.19. The van der Waals surface area contributed by atoms with E-state index in [0.29, 0.717) is 31.9 Å². The van der Waals surface area contributed by atoms with Gasteiger partial charge in [-0.05, 0) is 30.7 Å². The average Bonchev–Trinajstić information content (AvgIpc) is 3.54. The Morgan fingerprint density at radius 3 is 2.55 bits per heavy atom. The number of piperazine rings is 1. The van der Waals surface area contributed by atoms with E-state index < -0.39 is 0 Å². The van der Waals surface area contributed by atoms with Gasteiger partial charge in [0.05, 0.1) is 23.5 Å². The first-order chi connectivity index (χ1) is 16.2. The second-order valence-electron chi connectivity index (χ2n) is 8.48. The van der Waals surface area contributed by atoms with E-state index in [2.05, 4.69) is 23.8 Å². The van der Waals surface area contributed by atoms with Gasteiger partial charge < -0.3 is 14.2 Å². The molecule has 170 valence electrons. The molecule has 0 spiro atoms. The molecular formula is C25H28N6O2. The second kappa shape index (κ2) is 9.05. The van der Waals surface area contributed by atoms with Crippen molar-refractivity contribution in [3.05, 3.63) is 66.5 Å². The molecule has 1 amide bonds. The van der Waals surface area contributed by atoms with Crippen LogP contribution in [-0.4, -0.2) is 56.7 Å². The van der Waals surface area contributed by atoms with Gasteiger partial charge in [-0.15, -0.1) is 0 Å². The number of rotatable bonds is 6. The van der Waals surface area contributed by atoms with E-state index in [1.54, 1.807) is 12.1 Å². The van der Waals surface area contributed by atoms with Gasteiger partial charge in [0.15, 0.2) is 11.4 Å². The number of amides is 1. The van der Waals surface area contributed by atoms with Crippen molar-refractivity contribution < 1.29 is 9.21 Å². The van der Waals surface area contributed by atoms with Gasteiger partial charge in [0.25, 0.3) is 5.91 Å². The molecule has 33 heavy (non-hydrogen) atoms. The number of fused-ring (bicyclic) bond motifs is 1. The van der Waals surface area contributed by atoms with Gasteiger partial charge >= 0.3 is 0 Å². The van der Waals surface area contributed by atoms with E-state index in [-0.39, 0.29) is 11.8 Å². The zero-order valence-corrected chi connectivity index (χ0v) is 19.0. The number of carbonyl (C=O) groups is 1. The Balaban J connectivity index is 1.48. The van der Waals surface area contributed by atoms with Crippen LogP contribution in [0.15, 0.2) is 59.3 Å². The van der Waals surface area contributed by atoms with E-state index in [4.69, 9.17) is 14.4 Å². The van der Waals surface area contributed by atoms with Crippen molar-refractivity contribution in [3.8, 4) is 5.69 Å². The Bertz CT molecular complexity index is 1230. The van der Waals surface area contributed by atoms with Crippen LogP contribution >= 0.6 is 0 Å². The summed E-state index contributed by atoms with van der Waals surface area (Å²) in [6.45, 7) is 6.96. The van der Waals surface area contributed by atoms with Crippen LogP contribution in [-0.2, 0) is 0 Å². The molecule has 8 nitrogen and oxygen atoms in total. The van der Waals surface area contributed by atoms with Crippen molar-refractivity contribution >= 4 is 22.8 Å². The molecule has 0 radical (unpaired) electrons. The minimum Gasteiger partial charge on any atom is -0.459 e. The fourth-order valence-electron chi connectivity index (χ4n) is 4.37. The van der Waals surface area contributed by atoms with E-state index in [0.717, 1.165) is 41.2 Å². The van der Waals surface area contributed by atoms with E-state index in [9.17, 15) is 4.79 Å². The first-order valence-electron chi connectivity index (χ1n) is 11.5. The molecule has 1 saturated heterocycles. The maximum atomic E-state index is 12.7. The summed E-state index contributed by atoms with van der Waals surface area (Å²) >= 11 is 0. The molecule has 0 unspecified atom stereocenters. The number of aromatic nitrogens is 4. The lowest BCUT2D eigenvalue weighted by atomic mass is 10.1. The predicted octanol–water partition coefficient (Wildman–Crippen LogP) is 4.27. The molecule has 1 fully saturated rings. The third-order valence-corrected chi connectivity index (χ3v) is 6.19. The largest absolute Gasteiger partial charge is 0.459 e. The summed E-state index contributed by atoms with van der Waals surface area (Å²) in [6.07, 6.45) is 5.48. The number of hydrogen-bond acceptors (Lipinski definition) is 6. The summed E-state index contributed by atoms with van der Waals surface area (Å²) in [5.41, 5.74) is 1.79. The molecule has 1 aliphatic rings. The van der Waals surface area contributed by atoms with Crippen LogP contribution in [0.5, 0.6) is 0 Å². The predicted molar refractivity (Wildman–Crippen MR) is 127 cm³/mol. The minimum atomic E-state index is -0.0679. The maximum absolute atomic E-state index is 12.7. The van der Waals surface area contributed by atoms with Crippen LogP contribution in [0.25, 0.3) is 16.7 Å². The Hall–Kier alpha value is -3.68. The maximum Gasteiger partial charge on any atom is 0.289 e. The third kappa shape index (κ3) is 4.08. The first-order valence-corrected chi connectivity index (χ1v) is 11.5. The lowest BCUT2D eigenvalue weighted by molar-refractivity contribution is 0.0714. The zero-order chi connectivity index (χ0) is 22.8. The minimum absolute atomic E-state index is 0.0679. The molecule has 3 aromatic heterocycles. The van der Waals surface area contributed by atoms with E-state index in [1.165, 1.54) is 6.26 Å². The normalized spacial score (nSPS) is 15.2. The molecule has 4 aromatic rings. The summed E-state index contributed by atoms with van der Waals surface area (Å²) in [4.78, 5) is 26.7. The lowest BCUT2D eigenvalue weighted by Crippen LogP contribution is -2.49. The highest BCUT2D eigenvalue weighted by Crippen LogP contribution is 2.29. The Kier molecular flexibility index (Phi) is 5.81. The fraction of sp³-hybridized carbons (Fsp3) is 0.360. The summed E-state index contributed by atoms with van der Waals surface area (Å²) in [5.74, 6) is 2.30. The van der Waals surface area contributed by atoms with Crippen molar-refractivity contribution in [1.29, 1.82) is 0 Å². The topological polar surface area (TPSA) is 80.3 Å². The van der Waals surface area contributed by atoms with Crippen molar-refractivity contribution in [2.24, 2.45) is 0 Å². The van der Waals surface area contributed by atoms with Crippen molar-refractivity contribution in [2.45, 2.75) is 32.6 Å². The van der Waals surface area contributed by atoms with Gasteiger partial charge in [-0.1, -0.05) is 38.5 Å². The average molecular weight is 445 g/mol. The Morgan fingerprint density at radius 1 is 1.06 bits per heavy atom.